The van der Waals surface area contributed by atoms with Crippen LogP contribution < -0.4 is 5.73 Å². The number of hydrogen-bond donors (Lipinski definition) is 1. The lowest BCUT2D eigenvalue weighted by molar-refractivity contribution is 0.318. The maximum Gasteiger partial charge on any atom is 0.0989 e. The Morgan fingerprint density at radius 1 is 1.17 bits per heavy atom. The summed E-state index contributed by atoms with van der Waals surface area (Å²) in [6.45, 7) is 9.80. The fourth-order valence-corrected chi connectivity index (χ4v) is 2.38. The molecule has 0 aromatic rings. The van der Waals surface area contributed by atoms with E-state index in [4.69, 9.17) is 5.73 Å². The van der Waals surface area contributed by atoms with Gasteiger partial charge in [-0.2, -0.15) is 0 Å². The molecule has 0 aliphatic carbocycles. The lowest BCUT2D eigenvalue weighted by Gasteiger charge is -2.34. The molecule has 0 spiro atoms. The molecule has 2 nitrogen and oxygen atoms in total. The van der Waals surface area contributed by atoms with Crippen molar-refractivity contribution in [2.45, 2.75) is 66.0 Å². The first-order chi connectivity index (χ1) is 8.11. The second kappa shape index (κ2) is 8.60. The van der Waals surface area contributed by atoms with Gasteiger partial charge in [0.15, 0.2) is 0 Å². The van der Waals surface area contributed by atoms with E-state index >= 15 is 0 Å². The summed E-state index contributed by atoms with van der Waals surface area (Å²) >= 11 is 0. The molecule has 0 fully saturated rings. The molecule has 0 saturated carbocycles. The third kappa shape index (κ3) is 4.33. The minimum absolute atomic E-state index is 0. The molecule has 1 aliphatic heterocycles. The van der Waals surface area contributed by atoms with Crippen molar-refractivity contribution in [2.75, 3.05) is 6.54 Å². The number of rotatable bonds is 6. The average Bonchev–Trinajstić information content (AvgIpc) is 2.34. The van der Waals surface area contributed by atoms with E-state index < -0.39 is 0 Å². The van der Waals surface area contributed by atoms with Gasteiger partial charge >= 0.3 is 0 Å². The number of nitrogens with two attached hydrogens (primary N) is 1. The van der Waals surface area contributed by atoms with Crippen molar-refractivity contribution in [1.82, 2.24) is 4.90 Å². The highest BCUT2D eigenvalue weighted by Gasteiger charge is 2.20. The summed E-state index contributed by atoms with van der Waals surface area (Å²) in [4.78, 5) is 2.25. The van der Waals surface area contributed by atoms with Crippen LogP contribution in [0.3, 0.4) is 0 Å². The summed E-state index contributed by atoms with van der Waals surface area (Å²) in [6, 6.07) is 0. The summed E-state index contributed by atoms with van der Waals surface area (Å²) in [5, 5.41) is 0. The molecule has 0 radical (unpaired) electrons. The predicted octanol–water partition coefficient (Wildman–Crippen LogP) is 4.22. The first-order valence-electron chi connectivity index (χ1n) is 7.01. The fourth-order valence-electron chi connectivity index (χ4n) is 2.38. The van der Waals surface area contributed by atoms with E-state index in [1.165, 1.54) is 48.8 Å². The molecule has 106 valence electrons. The SMILES string of the molecule is CCCCCCC1=CN(CC)C(N)C(C)=C1C.Cl. The van der Waals surface area contributed by atoms with Crippen LogP contribution in [0.4, 0.5) is 0 Å². The smallest absolute Gasteiger partial charge is 0.0989 e. The Balaban J connectivity index is 0.00000289. The normalized spacial score (nSPS) is 19.7. The highest BCUT2D eigenvalue weighted by molar-refractivity contribution is 5.85. The van der Waals surface area contributed by atoms with Crippen molar-refractivity contribution in [3.8, 4) is 0 Å². The van der Waals surface area contributed by atoms with E-state index in [-0.39, 0.29) is 18.6 Å². The van der Waals surface area contributed by atoms with Crippen molar-refractivity contribution >= 4 is 12.4 Å². The first kappa shape index (κ1) is 17.5. The van der Waals surface area contributed by atoms with Gasteiger partial charge in [-0.25, -0.2) is 0 Å². The second-order valence-electron chi connectivity index (χ2n) is 5.05. The Labute approximate surface area is 119 Å². The Bertz CT molecular complexity index is 308. The monoisotopic (exact) mass is 272 g/mol. The number of likely N-dealkylation sites (N-methyl/N-ethyl adjacent to an activating group) is 1. The van der Waals surface area contributed by atoms with Gasteiger partial charge in [-0.05, 0) is 50.3 Å². The van der Waals surface area contributed by atoms with E-state index in [2.05, 4.69) is 38.8 Å². The van der Waals surface area contributed by atoms with Crippen molar-refractivity contribution < 1.29 is 0 Å². The highest BCUT2D eigenvalue weighted by atomic mass is 35.5. The molecule has 0 aromatic heterocycles. The van der Waals surface area contributed by atoms with Crippen LogP contribution in [-0.4, -0.2) is 17.6 Å². The molecule has 1 rings (SSSR count). The van der Waals surface area contributed by atoms with Crippen molar-refractivity contribution in [3.05, 3.63) is 22.9 Å². The summed E-state index contributed by atoms with van der Waals surface area (Å²) in [5.74, 6) is 0. The number of nitrogens with zero attached hydrogens (tertiary/aromatic N) is 1. The molecule has 1 aliphatic rings. The standard InChI is InChI=1S/C15H28N2.ClH/c1-5-7-8-9-10-14-11-17(6-2)15(16)13(4)12(14)3;/h11,15H,5-10,16H2,1-4H3;1H. The van der Waals surface area contributed by atoms with Gasteiger partial charge in [-0.1, -0.05) is 26.2 Å². The van der Waals surface area contributed by atoms with Gasteiger partial charge in [-0.15, -0.1) is 12.4 Å². The maximum absolute atomic E-state index is 6.19. The maximum atomic E-state index is 6.19. The molecule has 1 heterocycles. The van der Waals surface area contributed by atoms with Crippen LogP contribution in [0.15, 0.2) is 22.9 Å². The number of unbranched alkanes of at least 4 members (excludes halogenated alkanes) is 3. The topological polar surface area (TPSA) is 29.3 Å². The minimum atomic E-state index is 0. The van der Waals surface area contributed by atoms with Crippen LogP contribution in [-0.2, 0) is 0 Å². The Hall–Kier alpha value is -0.470. The van der Waals surface area contributed by atoms with Crippen molar-refractivity contribution in [3.63, 3.8) is 0 Å². The lowest BCUT2D eigenvalue weighted by atomic mass is 9.93. The molecule has 2 N–H and O–H groups in total. The molecule has 0 saturated heterocycles. The lowest BCUT2D eigenvalue weighted by Crippen LogP contribution is -2.42. The number of allylic oxidation sites excluding steroid dienone is 2. The van der Waals surface area contributed by atoms with Crippen molar-refractivity contribution in [1.29, 1.82) is 0 Å². The van der Waals surface area contributed by atoms with Crippen molar-refractivity contribution in [2.24, 2.45) is 5.73 Å². The third-order valence-corrected chi connectivity index (χ3v) is 3.86. The molecular weight excluding hydrogens is 244 g/mol. The summed E-state index contributed by atoms with van der Waals surface area (Å²) in [5.41, 5.74) is 10.4. The molecule has 0 bridgehead atoms. The minimum Gasteiger partial charge on any atom is -0.359 e. The molecule has 1 atom stereocenters. The molecular formula is C15H29ClN2. The van der Waals surface area contributed by atoms with E-state index in [9.17, 15) is 0 Å². The van der Waals surface area contributed by atoms with E-state index in [1.807, 2.05) is 0 Å². The Morgan fingerprint density at radius 2 is 1.83 bits per heavy atom. The zero-order valence-electron chi connectivity index (χ0n) is 12.3. The molecule has 0 aromatic carbocycles. The van der Waals surface area contributed by atoms with Gasteiger partial charge in [-0.3, -0.25) is 0 Å². The third-order valence-electron chi connectivity index (χ3n) is 3.86. The Morgan fingerprint density at radius 3 is 2.39 bits per heavy atom. The average molecular weight is 273 g/mol. The van der Waals surface area contributed by atoms with Crippen LogP contribution in [0.5, 0.6) is 0 Å². The quantitative estimate of drug-likeness (QED) is 0.734. The van der Waals surface area contributed by atoms with Crippen LogP contribution in [0.1, 0.15) is 59.8 Å². The number of halogens is 1. The molecule has 1 unspecified atom stereocenters. The van der Waals surface area contributed by atoms with Gasteiger partial charge in [0.05, 0.1) is 6.17 Å². The second-order valence-corrected chi connectivity index (χ2v) is 5.05. The Kier molecular flexibility index (Phi) is 8.38. The van der Waals surface area contributed by atoms with E-state index in [0.29, 0.717) is 0 Å². The van der Waals surface area contributed by atoms with Gasteiger partial charge in [0, 0.05) is 12.7 Å². The van der Waals surface area contributed by atoms with E-state index in [0.717, 1.165) is 6.54 Å². The van der Waals surface area contributed by atoms with Crippen LogP contribution in [0.25, 0.3) is 0 Å². The zero-order valence-corrected chi connectivity index (χ0v) is 13.1. The molecule has 3 heteroatoms. The first-order valence-corrected chi connectivity index (χ1v) is 7.01. The summed E-state index contributed by atoms with van der Waals surface area (Å²) in [7, 11) is 0. The van der Waals surface area contributed by atoms with Gasteiger partial charge < -0.3 is 10.6 Å². The number of hydrogen-bond acceptors (Lipinski definition) is 2. The fraction of sp³-hybridized carbons (Fsp3) is 0.733. The van der Waals surface area contributed by atoms with Crippen LogP contribution >= 0.6 is 12.4 Å². The van der Waals surface area contributed by atoms with E-state index in [1.54, 1.807) is 0 Å². The van der Waals surface area contributed by atoms with Crippen LogP contribution in [0.2, 0.25) is 0 Å². The molecule has 0 amide bonds. The van der Waals surface area contributed by atoms with Gasteiger partial charge in [0.1, 0.15) is 0 Å². The van der Waals surface area contributed by atoms with Crippen LogP contribution in [0, 0.1) is 0 Å². The van der Waals surface area contributed by atoms with Gasteiger partial charge in [0.2, 0.25) is 0 Å². The zero-order chi connectivity index (χ0) is 12.8. The van der Waals surface area contributed by atoms with Gasteiger partial charge in [0.25, 0.3) is 0 Å². The molecule has 18 heavy (non-hydrogen) atoms. The summed E-state index contributed by atoms with van der Waals surface area (Å²) < 4.78 is 0. The predicted molar refractivity (Wildman–Crippen MR) is 82.8 cm³/mol. The summed E-state index contributed by atoms with van der Waals surface area (Å²) in [6.07, 6.45) is 8.87. The highest BCUT2D eigenvalue weighted by Crippen LogP contribution is 2.28. The largest absolute Gasteiger partial charge is 0.359 e.